The number of hydrogen-bond acceptors (Lipinski definition) is 7. The Labute approximate surface area is 196 Å². The smallest absolute Gasteiger partial charge is 0.186 e. The normalized spacial score (nSPS) is 14.0. The molecule has 0 amide bonds. The zero-order valence-electron chi connectivity index (χ0n) is 18.8. The number of fused-ring (bicyclic) bond motifs is 3. The van der Waals surface area contributed by atoms with Gasteiger partial charge in [0.1, 0.15) is 5.75 Å². The topological polar surface area (TPSA) is 76.8 Å². The van der Waals surface area contributed by atoms with Gasteiger partial charge in [-0.3, -0.25) is 0 Å². The average Bonchev–Trinajstić information content (AvgIpc) is 3.34. The Hall–Kier alpha value is -4.17. The molecule has 8 heteroatoms. The number of ether oxygens (including phenoxy) is 2. The molecular weight excluding hydrogens is 428 g/mol. The van der Waals surface area contributed by atoms with E-state index in [1.54, 1.807) is 11.6 Å². The molecule has 6 rings (SSSR count). The van der Waals surface area contributed by atoms with Crippen molar-refractivity contribution in [3.63, 3.8) is 0 Å². The largest absolute Gasteiger partial charge is 0.497 e. The Bertz CT molecular complexity index is 1440. The van der Waals surface area contributed by atoms with Crippen LogP contribution >= 0.6 is 0 Å². The summed E-state index contributed by atoms with van der Waals surface area (Å²) < 4.78 is 12.6. The first-order valence-corrected chi connectivity index (χ1v) is 11.3. The highest BCUT2D eigenvalue weighted by Crippen LogP contribution is 2.30. The van der Waals surface area contributed by atoms with Gasteiger partial charge in [-0.05, 0) is 48.5 Å². The van der Waals surface area contributed by atoms with Gasteiger partial charge in [0, 0.05) is 40.8 Å². The molecule has 1 aliphatic rings. The molecule has 170 valence electrons. The van der Waals surface area contributed by atoms with Crippen LogP contribution < -0.4 is 15.0 Å². The number of nitrogens with zero attached hydrogens (tertiary/aromatic N) is 5. The predicted molar refractivity (Wildman–Crippen MR) is 133 cm³/mol. The summed E-state index contributed by atoms with van der Waals surface area (Å²) in [5.74, 6) is 2.21. The molecule has 0 unspecified atom stereocenters. The first-order chi connectivity index (χ1) is 16.8. The third kappa shape index (κ3) is 3.68. The molecule has 0 spiro atoms. The zero-order chi connectivity index (χ0) is 22.9. The molecule has 3 aromatic carbocycles. The number of hydrogen-bond donors (Lipinski definition) is 1. The second-order valence-electron chi connectivity index (χ2n) is 8.15. The van der Waals surface area contributed by atoms with Crippen LogP contribution in [0.1, 0.15) is 0 Å². The van der Waals surface area contributed by atoms with Crippen LogP contribution in [0.2, 0.25) is 0 Å². The molecule has 3 heterocycles. The van der Waals surface area contributed by atoms with Crippen molar-refractivity contribution in [3.8, 4) is 17.1 Å². The minimum absolute atomic E-state index is 0.675. The molecule has 1 saturated heterocycles. The summed E-state index contributed by atoms with van der Waals surface area (Å²) in [6.07, 6.45) is 0. The Balaban J connectivity index is 1.39. The van der Waals surface area contributed by atoms with Crippen LogP contribution in [0.4, 0.5) is 17.2 Å². The number of benzene rings is 3. The molecule has 5 aromatic rings. The van der Waals surface area contributed by atoms with Gasteiger partial charge in [0.2, 0.25) is 0 Å². The van der Waals surface area contributed by atoms with Crippen LogP contribution in [-0.4, -0.2) is 53.2 Å². The van der Waals surface area contributed by atoms with Gasteiger partial charge in [-0.25, -0.2) is 0 Å². The van der Waals surface area contributed by atoms with Crippen molar-refractivity contribution in [2.24, 2.45) is 0 Å². The van der Waals surface area contributed by atoms with Crippen molar-refractivity contribution < 1.29 is 9.47 Å². The van der Waals surface area contributed by atoms with E-state index in [0.29, 0.717) is 5.82 Å². The van der Waals surface area contributed by atoms with E-state index >= 15 is 0 Å². The second kappa shape index (κ2) is 8.64. The van der Waals surface area contributed by atoms with Crippen LogP contribution in [0.25, 0.3) is 27.8 Å². The van der Waals surface area contributed by atoms with Crippen LogP contribution in [0.3, 0.4) is 0 Å². The lowest BCUT2D eigenvalue weighted by atomic mass is 10.1. The van der Waals surface area contributed by atoms with E-state index < -0.39 is 0 Å². The molecule has 0 saturated carbocycles. The molecule has 1 aliphatic heterocycles. The highest BCUT2D eigenvalue weighted by molar-refractivity contribution is 6.01. The molecule has 0 radical (unpaired) electrons. The number of rotatable bonds is 5. The predicted octanol–water partition coefficient (Wildman–Crippen LogP) is 4.53. The number of anilines is 3. The summed E-state index contributed by atoms with van der Waals surface area (Å²) in [7, 11) is 1.65. The summed E-state index contributed by atoms with van der Waals surface area (Å²) >= 11 is 0. The van der Waals surface area contributed by atoms with Crippen molar-refractivity contribution in [3.05, 3.63) is 72.8 Å². The van der Waals surface area contributed by atoms with Crippen molar-refractivity contribution in [2.45, 2.75) is 0 Å². The van der Waals surface area contributed by atoms with Crippen molar-refractivity contribution in [1.29, 1.82) is 0 Å². The number of nitrogens with one attached hydrogen (secondary N) is 1. The maximum atomic E-state index is 5.47. The minimum atomic E-state index is 0.675. The van der Waals surface area contributed by atoms with E-state index in [4.69, 9.17) is 14.6 Å². The zero-order valence-corrected chi connectivity index (χ0v) is 18.8. The maximum absolute atomic E-state index is 5.47. The Morgan fingerprint density at radius 3 is 2.32 bits per heavy atom. The molecule has 2 aromatic heterocycles. The van der Waals surface area contributed by atoms with Crippen LogP contribution in [-0.2, 0) is 4.74 Å². The highest BCUT2D eigenvalue weighted by Gasteiger charge is 2.16. The first-order valence-electron chi connectivity index (χ1n) is 11.3. The van der Waals surface area contributed by atoms with Crippen LogP contribution in [0.5, 0.6) is 5.75 Å². The second-order valence-corrected chi connectivity index (χ2v) is 8.15. The maximum Gasteiger partial charge on any atom is 0.186 e. The van der Waals surface area contributed by atoms with Gasteiger partial charge >= 0.3 is 0 Å². The van der Waals surface area contributed by atoms with E-state index in [0.717, 1.165) is 65.5 Å². The quantitative estimate of drug-likeness (QED) is 0.420. The van der Waals surface area contributed by atoms with Gasteiger partial charge in [0.25, 0.3) is 0 Å². The van der Waals surface area contributed by atoms with E-state index in [1.165, 1.54) is 5.69 Å². The molecule has 0 atom stereocenters. The third-order valence-corrected chi connectivity index (χ3v) is 6.12. The summed E-state index contributed by atoms with van der Waals surface area (Å²) in [4.78, 5) is 2.34. The molecule has 0 aliphatic carbocycles. The monoisotopic (exact) mass is 452 g/mol. The molecule has 0 bridgehead atoms. The lowest BCUT2D eigenvalue weighted by molar-refractivity contribution is 0.122. The Morgan fingerprint density at radius 1 is 0.853 bits per heavy atom. The average molecular weight is 453 g/mol. The van der Waals surface area contributed by atoms with E-state index in [9.17, 15) is 0 Å². The number of aromatic nitrogens is 4. The molecular formula is C26H24N6O2. The van der Waals surface area contributed by atoms with E-state index in [-0.39, 0.29) is 0 Å². The fourth-order valence-corrected chi connectivity index (χ4v) is 4.31. The number of morpholine rings is 1. The van der Waals surface area contributed by atoms with Gasteiger partial charge in [-0.1, -0.05) is 24.3 Å². The van der Waals surface area contributed by atoms with Crippen molar-refractivity contribution >= 4 is 33.6 Å². The Morgan fingerprint density at radius 2 is 1.59 bits per heavy atom. The summed E-state index contributed by atoms with van der Waals surface area (Å²) in [6.45, 7) is 3.37. The van der Waals surface area contributed by atoms with E-state index in [1.807, 2.05) is 42.5 Å². The van der Waals surface area contributed by atoms with Gasteiger partial charge < -0.3 is 19.7 Å². The summed E-state index contributed by atoms with van der Waals surface area (Å²) in [6, 6.07) is 24.3. The van der Waals surface area contributed by atoms with Crippen LogP contribution in [0, 0.1) is 0 Å². The standard InChI is InChI=1S/C26H24N6O2/c1-33-21-12-6-18(7-13-21)25-28-29-26-23-5-3-2-4-22(23)24(30-32(25)26)27-19-8-10-20(11-9-19)31-14-16-34-17-15-31/h2-13H,14-17H2,1H3,(H,27,30). The van der Waals surface area contributed by atoms with Gasteiger partial charge in [0.15, 0.2) is 17.3 Å². The lowest BCUT2D eigenvalue weighted by Crippen LogP contribution is -2.36. The molecule has 1 fully saturated rings. The van der Waals surface area contributed by atoms with Gasteiger partial charge in [0.05, 0.1) is 20.3 Å². The SMILES string of the molecule is COc1ccc(-c2nnc3c4ccccc4c(Nc4ccc(N5CCOCC5)cc4)nn23)cc1. The fourth-order valence-electron chi connectivity index (χ4n) is 4.31. The van der Waals surface area contributed by atoms with E-state index in [2.05, 4.69) is 50.7 Å². The molecule has 8 nitrogen and oxygen atoms in total. The lowest BCUT2D eigenvalue weighted by Gasteiger charge is -2.28. The summed E-state index contributed by atoms with van der Waals surface area (Å²) in [5.41, 5.74) is 3.79. The molecule has 34 heavy (non-hydrogen) atoms. The first kappa shape index (κ1) is 20.4. The minimum Gasteiger partial charge on any atom is -0.497 e. The van der Waals surface area contributed by atoms with Gasteiger partial charge in [-0.2, -0.15) is 4.52 Å². The van der Waals surface area contributed by atoms with Gasteiger partial charge in [-0.15, -0.1) is 15.3 Å². The third-order valence-electron chi connectivity index (χ3n) is 6.12. The fraction of sp³-hybridized carbons (Fsp3) is 0.192. The van der Waals surface area contributed by atoms with Crippen molar-refractivity contribution in [1.82, 2.24) is 19.8 Å². The Kier molecular flexibility index (Phi) is 5.20. The van der Waals surface area contributed by atoms with Crippen molar-refractivity contribution in [2.75, 3.05) is 43.6 Å². The highest BCUT2D eigenvalue weighted by atomic mass is 16.5. The number of methoxy groups -OCH3 is 1. The van der Waals surface area contributed by atoms with Crippen LogP contribution in [0.15, 0.2) is 72.8 Å². The summed E-state index contributed by atoms with van der Waals surface area (Å²) in [5, 5.41) is 19.3. The molecule has 1 N–H and O–H groups in total.